The van der Waals surface area contributed by atoms with Gasteiger partial charge in [0.2, 0.25) is 0 Å². The number of hydrogen-bond acceptors (Lipinski definition) is 2. The second-order valence-electron chi connectivity index (χ2n) is 8.65. The maximum absolute atomic E-state index is 4.67. The molecule has 0 saturated heterocycles. The van der Waals surface area contributed by atoms with Crippen molar-refractivity contribution in [3.63, 3.8) is 0 Å². The first kappa shape index (κ1) is 17.7. The summed E-state index contributed by atoms with van der Waals surface area (Å²) in [5.74, 6) is 0.487. The van der Waals surface area contributed by atoms with Gasteiger partial charge in [-0.15, -0.1) is 0 Å². The second kappa shape index (κ2) is 6.45. The van der Waals surface area contributed by atoms with Gasteiger partial charge in [-0.1, -0.05) is 71.0 Å². The fourth-order valence-electron chi connectivity index (χ4n) is 3.73. The summed E-state index contributed by atoms with van der Waals surface area (Å²) < 4.78 is 0. The van der Waals surface area contributed by atoms with Crippen LogP contribution >= 0.6 is 0 Å². The van der Waals surface area contributed by atoms with E-state index in [9.17, 15) is 0 Å². The van der Waals surface area contributed by atoms with E-state index in [-0.39, 0.29) is 5.41 Å². The molecule has 0 radical (unpaired) electrons. The lowest BCUT2D eigenvalue weighted by Gasteiger charge is -2.23. The lowest BCUT2D eigenvalue weighted by Crippen LogP contribution is -2.12. The molecule has 1 heterocycles. The molecule has 0 amide bonds. The molecule has 0 spiro atoms. The number of nitrogens with zero attached hydrogens (tertiary/aromatic N) is 2. The highest BCUT2D eigenvalue weighted by Crippen LogP contribution is 2.36. The summed E-state index contributed by atoms with van der Waals surface area (Å²) in [5, 5.41) is 3.68. The van der Waals surface area contributed by atoms with E-state index in [0.717, 1.165) is 22.2 Å². The molecule has 0 bridgehead atoms. The average Bonchev–Trinajstić information content (AvgIpc) is 2.65. The van der Waals surface area contributed by atoms with E-state index in [1.165, 1.54) is 21.9 Å². The van der Waals surface area contributed by atoms with Gasteiger partial charge in [0.1, 0.15) is 6.33 Å². The smallest absolute Gasteiger partial charge is 0.116 e. The molecule has 0 N–H and O–H groups in total. The third-order valence-electron chi connectivity index (χ3n) is 5.27. The number of fused-ring (bicyclic) bond motifs is 2. The zero-order valence-electron chi connectivity index (χ0n) is 16.7. The minimum Gasteiger partial charge on any atom is -0.236 e. The van der Waals surface area contributed by atoms with E-state index in [4.69, 9.17) is 0 Å². The summed E-state index contributed by atoms with van der Waals surface area (Å²) in [6.07, 6.45) is 1.69. The van der Waals surface area contributed by atoms with E-state index < -0.39 is 0 Å². The molecule has 0 aliphatic heterocycles. The van der Waals surface area contributed by atoms with Crippen LogP contribution in [-0.4, -0.2) is 9.97 Å². The minimum absolute atomic E-state index is 0.0588. The van der Waals surface area contributed by atoms with Crippen molar-refractivity contribution in [3.05, 3.63) is 72.1 Å². The van der Waals surface area contributed by atoms with Gasteiger partial charge in [0.05, 0.1) is 11.2 Å². The summed E-state index contributed by atoms with van der Waals surface area (Å²) >= 11 is 0. The van der Waals surface area contributed by atoms with Crippen LogP contribution in [0.15, 0.2) is 60.9 Å². The first-order chi connectivity index (χ1) is 12.8. The average molecular weight is 354 g/mol. The molecule has 0 saturated carbocycles. The maximum Gasteiger partial charge on any atom is 0.116 e. The fourth-order valence-corrected chi connectivity index (χ4v) is 3.73. The molecule has 2 nitrogen and oxygen atoms in total. The van der Waals surface area contributed by atoms with Crippen LogP contribution in [0, 0.1) is 0 Å². The normalized spacial score (nSPS) is 12.2. The Kier molecular flexibility index (Phi) is 4.22. The third kappa shape index (κ3) is 3.21. The van der Waals surface area contributed by atoms with Crippen molar-refractivity contribution >= 4 is 21.7 Å². The lowest BCUT2D eigenvalue weighted by molar-refractivity contribution is 0.596. The largest absolute Gasteiger partial charge is 0.236 e. The minimum atomic E-state index is 0.0588. The van der Waals surface area contributed by atoms with Crippen LogP contribution in [0.1, 0.15) is 51.7 Å². The Hall–Kier alpha value is -2.74. The Balaban J connectivity index is 2.00. The van der Waals surface area contributed by atoms with E-state index in [0.29, 0.717) is 5.92 Å². The molecule has 27 heavy (non-hydrogen) atoms. The highest BCUT2D eigenvalue weighted by molar-refractivity contribution is 5.97. The van der Waals surface area contributed by atoms with Gasteiger partial charge < -0.3 is 0 Å². The van der Waals surface area contributed by atoms with Crippen LogP contribution in [0.2, 0.25) is 0 Å². The van der Waals surface area contributed by atoms with Gasteiger partial charge in [0, 0.05) is 10.9 Å². The van der Waals surface area contributed by atoms with Crippen LogP contribution < -0.4 is 0 Å². The fraction of sp³-hybridized carbons (Fsp3) is 0.280. The molecule has 2 heteroatoms. The highest BCUT2D eigenvalue weighted by Gasteiger charge is 2.19. The van der Waals surface area contributed by atoms with Crippen molar-refractivity contribution in [1.82, 2.24) is 9.97 Å². The summed E-state index contributed by atoms with van der Waals surface area (Å²) in [7, 11) is 0. The Labute approximate surface area is 161 Å². The zero-order chi connectivity index (χ0) is 19.2. The second-order valence-corrected chi connectivity index (χ2v) is 8.65. The van der Waals surface area contributed by atoms with Crippen molar-refractivity contribution in [2.75, 3.05) is 0 Å². The molecule has 0 aliphatic rings. The van der Waals surface area contributed by atoms with Crippen molar-refractivity contribution in [1.29, 1.82) is 0 Å². The molecule has 0 unspecified atom stereocenters. The molecular formula is C25H26N2. The van der Waals surface area contributed by atoms with Crippen LogP contribution in [0.4, 0.5) is 0 Å². The molecule has 3 aromatic carbocycles. The Morgan fingerprint density at radius 1 is 0.815 bits per heavy atom. The quantitative estimate of drug-likeness (QED) is 0.392. The summed E-state index contributed by atoms with van der Waals surface area (Å²) in [5.41, 5.74) is 5.89. The first-order valence-electron chi connectivity index (χ1n) is 9.63. The van der Waals surface area contributed by atoms with E-state index in [1.807, 2.05) is 0 Å². The number of hydrogen-bond donors (Lipinski definition) is 0. The van der Waals surface area contributed by atoms with Crippen molar-refractivity contribution in [2.45, 2.75) is 46.0 Å². The Morgan fingerprint density at radius 2 is 1.59 bits per heavy atom. The van der Waals surface area contributed by atoms with Crippen LogP contribution in [0.5, 0.6) is 0 Å². The zero-order valence-corrected chi connectivity index (χ0v) is 16.7. The maximum atomic E-state index is 4.67. The van der Waals surface area contributed by atoms with Crippen LogP contribution in [0.3, 0.4) is 0 Å². The summed E-state index contributed by atoms with van der Waals surface area (Å²) in [6.45, 7) is 11.2. The Bertz CT molecular complexity index is 1130. The molecular weight excluding hydrogens is 328 g/mol. The molecule has 4 aromatic rings. The van der Waals surface area contributed by atoms with Gasteiger partial charge in [-0.25, -0.2) is 9.97 Å². The molecule has 136 valence electrons. The van der Waals surface area contributed by atoms with Crippen LogP contribution in [-0.2, 0) is 5.41 Å². The van der Waals surface area contributed by atoms with E-state index in [1.54, 1.807) is 6.33 Å². The van der Waals surface area contributed by atoms with Crippen LogP contribution in [0.25, 0.3) is 32.9 Å². The van der Waals surface area contributed by atoms with Gasteiger partial charge in [-0.2, -0.15) is 0 Å². The predicted molar refractivity (Wildman–Crippen MR) is 115 cm³/mol. The SMILES string of the molecule is CC(C)c1ccc2c(-c3cc(C(C)(C)C)c4ccccc4c3)ncnc2c1. The molecule has 0 atom stereocenters. The van der Waals surface area contributed by atoms with Gasteiger partial charge in [-0.05, 0) is 51.4 Å². The molecule has 0 aliphatic carbocycles. The predicted octanol–water partition coefficient (Wildman–Crippen LogP) is 6.87. The first-order valence-corrected chi connectivity index (χ1v) is 9.63. The molecule has 4 rings (SSSR count). The van der Waals surface area contributed by atoms with Gasteiger partial charge in [0.15, 0.2) is 0 Å². The van der Waals surface area contributed by atoms with Crippen molar-refractivity contribution in [2.24, 2.45) is 0 Å². The van der Waals surface area contributed by atoms with Gasteiger partial charge in [-0.3, -0.25) is 0 Å². The van der Waals surface area contributed by atoms with Crippen molar-refractivity contribution < 1.29 is 0 Å². The lowest BCUT2D eigenvalue weighted by atomic mass is 9.82. The standard InChI is InChI=1S/C25H26N2/c1-16(2)17-10-11-21-23(14-17)26-15-27-24(21)19-12-18-8-6-7-9-20(18)22(13-19)25(3,4)5/h6-16H,1-5H3. The van der Waals surface area contributed by atoms with E-state index in [2.05, 4.69) is 99.2 Å². The topological polar surface area (TPSA) is 25.8 Å². The Morgan fingerprint density at radius 3 is 2.33 bits per heavy atom. The summed E-state index contributed by atoms with van der Waals surface area (Å²) in [4.78, 5) is 9.20. The van der Waals surface area contributed by atoms with Gasteiger partial charge in [0.25, 0.3) is 0 Å². The highest BCUT2D eigenvalue weighted by atomic mass is 14.8. The number of rotatable bonds is 2. The van der Waals surface area contributed by atoms with Gasteiger partial charge >= 0.3 is 0 Å². The van der Waals surface area contributed by atoms with E-state index >= 15 is 0 Å². The number of benzene rings is 3. The number of aromatic nitrogens is 2. The monoisotopic (exact) mass is 354 g/mol. The van der Waals surface area contributed by atoms with Crippen molar-refractivity contribution in [3.8, 4) is 11.3 Å². The summed E-state index contributed by atoms with van der Waals surface area (Å²) in [6, 6.07) is 19.7. The third-order valence-corrected chi connectivity index (χ3v) is 5.27. The molecule has 0 fully saturated rings. The molecule has 1 aromatic heterocycles.